The maximum atomic E-state index is 13.2. The number of likely N-dealkylation sites (tertiary alicyclic amines) is 1. The molecule has 37 heavy (non-hydrogen) atoms. The van der Waals surface area contributed by atoms with E-state index in [0.29, 0.717) is 19.4 Å². The van der Waals surface area contributed by atoms with Crippen LogP contribution in [0.5, 0.6) is 0 Å². The summed E-state index contributed by atoms with van der Waals surface area (Å²) in [5.74, 6) is -1.60. The highest BCUT2D eigenvalue weighted by molar-refractivity contribution is 6.03. The van der Waals surface area contributed by atoms with Crippen molar-refractivity contribution in [1.82, 2.24) is 10.2 Å². The predicted molar refractivity (Wildman–Crippen MR) is 141 cm³/mol. The van der Waals surface area contributed by atoms with Crippen molar-refractivity contribution in [2.45, 2.75) is 38.0 Å². The molecule has 0 aromatic heterocycles. The number of amides is 2. The summed E-state index contributed by atoms with van der Waals surface area (Å²) in [5.41, 5.74) is 1.72. The number of fused-ring (bicyclic) bond motifs is 2. The number of benzene rings is 4. The zero-order valence-electron chi connectivity index (χ0n) is 20.3. The van der Waals surface area contributed by atoms with Crippen molar-refractivity contribution in [2.24, 2.45) is 0 Å². The van der Waals surface area contributed by atoms with Crippen LogP contribution in [0.2, 0.25) is 0 Å². The number of hydrogen-bond donors (Lipinski definition) is 2. The van der Waals surface area contributed by atoms with Gasteiger partial charge in [-0.3, -0.25) is 9.69 Å². The molecule has 188 valence electrons. The molecule has 4 aromatic carbocycles. The van der Waals surface area contributed by atoms with Crippen molar-refractivity contribution in [3.8, 4) is 0 Å². The lowest BCUT2D eigenvalue weighted by molar-refractivity contribution is -0.142. The number of ether oxygens (including phenoxy) is 1. The molecule has 0 unspecified atom stereocenters. The summed E-state index contributed by atoms with van der Waals surface area (Å²) in [7, 11) is 0. The van der Waals surface area contributed by atoms with Gasteiger partial charge < -0.3 is 15.2 Å². The van der Waals surface area contributed by atoms with E-state index >= 15 is 0 Å². The van der Waals surface area contributed by atoms with Crippen molar-refractivity contribution in [3.05, 3.63) is 96.1 Å². The summed E-state index contributed by atoms with van der Waals surface area (Å²) >= 11 is 0. The molecule has 7 nitrogen and oxygen atoms in total. The van der Waals surface area contributed by atoms with Gasteiger partial charge in [0.2, 0.25) is 5.91 Å². The van der Waals surface area contributed by atoms with E-state index < -0.39 is 30.1 Å². The molecule has 1 saturated heterocycles. The summed E-state index contributed by atoms with van der Waals surface area (Å²) in [5, 5.41) is 16.7. The minimum absolute atomic E-state index is 0.108. The molecule has 2 N–H and O–H groups in total. The molecule has 1 fully saturated rings. The van der Waals surface area contributed by atoms with Crippen molar-refractivity contribution in [3.63, 3.8) is 0 Å². The number of nitrogens with zero attached hydrogens (tertiary/aromatic N) is 1. The van der Waals surface area contributed by atoms with E-state index in [1.54, 1.807) is 0 Å². The summed E-state index contributed by atoms with van der Waals surface area (Å²) in [4.78, 5) is 39.7. The Morgan fingerprint density at radius 2 is 1.54 bits per heavy atom. The number of hydrogen-bond acceptors (Lipinski definition) is 4. The van der Waals surface area contributed by atoms with Gasteiger partial charge in [0.25, 0.3) is 0 Å². The number of carboxylic acid groups (broad SMARTS) is 1. The first-order valence-corrected chi connectivity index (χ1v) is 12.4. The van der Waals surface area contributed by atoms with Gasteiger partial charge in [-0.25, -0.2) is 9.59 Å². The van der Waals surface area contributed by atoms with Gasteiger partial charge in [0.1, 0.15) is 18.7 Å². The third-order valence-corrected chi connectivity index (χ3v) is 6.90. The zero-order chi connectivity index (χ0) is 25.8. The van der Waals surface area contributed by atoms with E-state index in [2.05, 4.69) is 11.4 Å². The highest BCUT2D eigenvalue weighted by Gasteiger charge is 2.37. The molecular formula is C30H28N2O5. The van der Waals surface area contributed by atoms with Crippen LogP contribution in [0.25, 0.3) is 21.5 Å². The highest BCUT2D eigenvalue weighted by Crippen LogP contribution is 2.30. The highest BCUT2D eigenvalue weighted by atomic mass is 16.6. The van der Waals surface area contributed by atoms with E-state index in [0.717, 1.165) is 32.7 Å². The van der Waals surface area contributed by atoms with Gasteiger partial charge in [-0.05, 0) is 51.6 Å². The topological polar surface area (TPSA) is 95.9 Å². The molecule has 1 heterocycles. The summed E-state index contributed by atoms with van der Waals surface area (Å²) < 4.78 is 5.43. The Morgan fingerprint density at radius 3 is 2.19 bits per heavy atom. The lowest BCUT2D eigenvalue weighted by Crippen LogP contribution is -2.51. The third kappa shape index (κ3) is 5.26. The lowest BCUT2D eigenvalue weighted by atomic mass is 9.92. The average Bonchev–Trinajstić information content (AvgIpc) is 3.42. The first-order valence-electron chi connectivity index (χ1n) is 12.4. The van der Waals surface area contributed by atoms with Crippen LogP contribution in [-0.2, 0) is 27.4 Å². The fourth-order valence-electron chi connectivity index (χ4n) is 5.06. The normalized spacial score (nSPS) is 16.0. The Balaban J connectivity index is 1.34. The Hall–Kier alpha value is -4.39. The van der Waals surface area contributed by atoms with Crippen molar-refractivity contribution in [2.75, 3.05) is 6.54 Å². The lowest BCUT2D eigenvalue weighted by Gasteiger charge is -2.25. The maximum Gasteiger partial charge on any atom is 0.410 e. The van der Waals surface area contributed by atoms with Gasteiger partial charge in [-0.15, -0.1) is 0 Å². The molecule has 0 radical (unpaired) electrons. The molecule has 2 atom stereocenters. The Morgan fingerprint density at radius 1 is 0.919 bits per heavy atom. The van der Waals surface area contributed by atoms with E-state index in [4.69, 9.17) is 4.74 Å². The molecule has 0 aliphatic carbocycles. The molecule has 0 saturated carbocycles. The molecule has 4 aromatic rings. The van der Waals surface area contributed by atoms with E-state index in [1.165, 1.54) is 4.90 Å². The van der Waals surface area contributed by atoms with Crippen LogP contribution < -0.4 is 5.32 Å². The second-order valence-corrected chi connectivity index (χ2v) is 9.29. The molecule has 7 heteroatoms. The zero-order valence-corrected chi connectivity index (χ0v) is 20.3. The quantitative estimate of drug-likeness (QED) is 0.355. The number of nitrogens with one attached hydrogen (secondary N) is 1. The number of rotatable bonds is 7. The summed E-state index contributed by atoms with van der Waals surface area (Å²) in [6.45, 7) is 0.494. The van der Waals surface area contributed by atoms with Gasteiger partial charge in [0.05, 0.1) is 0 Å². The smallest absolute Gasteiger partial charge is 0.410 e. The summed E-state index contributed by atoms with van der Waals surface area (Å²) in [6.07, 6.45) is 0.641. The predicted octanol–water partition coefficient (Wildman–Crippen LogP) is 4.91. The van der Waals surface area contributed by atoms with Crippen LogP contribution in [0.1, 0.15) is 24.0 Å². The monoisotopic (exact) mass is 496 g/mol. The fraction of sp³-hybridized carbons (Fsp3) is 0.233. The van der Waals surface area contributed by atoms with Gasteiger partial charge in [-0.2, -0.15) is 0 Å². The molecule has 5 rings (SSSR count). The molecule has 2 amide bonds. The molecular weight excluding hydrogens is 468 g/mol. The number of carbonyl (C=O) groups is 3. The van der Waals surface area contributed by atoms with E-state index in [9.17, 15) is 19.5 Å². The Bertz CT molecular complexity index is 1400. The van der Waals surface area contributed by atoms with Gasteiger partial charge >= 0.3 is 12.1 Å². The Kier molecular flexibility index (Phi) is 7.03. The van der Waals surface area contributed by atoms with Crippen molar-refractivity contribution < 1.29 is 24.2 Å². The largest absolute Gasteiger partial charge is 0.480 e. The molecule has 0 spiro atoms. The van der Waals surface area contributed by atoms with E-state index in [-0.39, 0.29) is 13.0 Å². The third-order valence-electron chi connectivity index (χ3n) is 6.90. The van der Waals surface area contributed by atoms with E-state index in [1.807, 2.05) is 78.9 Å². The number of aliphatic carboxylic acids is 1. The molecule has 1 aliphatic heterocycles. The fourth-order valence-corrected chi connectivity index (χ4v) is 5.06. The van der Waals surface area contributed by atoms with Crippen LogP contribution in [0, 0.1) is 0 Å². The SMILES string of the molecule is O=C(O)[C@H](Cc1c2ccccc2cc2ccccc12)NC(=O)[C@H]1CCCN1C(=O)OCc1ccccc1. The number of carbonyl (C=O) groups excluding carboxylic acids is 2. The van der Waals surface area contributed by atoms with Crippen LogP contribution in [0.3, 0.4) is 0 Å². The van der Waals surface area contributed by atoms with Gasteiger partial charge in [0.15, 0.2) is 0 Å². The minimum Gasteiger partial charge on any atom is -0.480 e. The van der Waals surface area contributed by atoms with Crippen LogP contribution in [-0.4, -0.2) is 46.6 Å². The first kappa shape index (κ1) is 24.3. The second kappa shape index (κ2) is 10.7. The summed E-state index contributed by atoms with van der Waals surface area (Å²) in [6, 6.07) is 25.2. The molecule has 0 bridgehead atoms. The number of carboxylic acids is 1. The van der Waals surface area contributed by atoms with Crippen LogP contribution >= 0.6 is 0 Å². The first-order chi connectivity index (χ1) is 18.0. The van der Waals surface area contributed by atoms with Crippen LogP contribution in [0.15, 0.2) is 84.9 Å². The maximum absolute atomic E-state index is 13.2. The van der Waals surface area contributed by atoms with Crippen molar-refractivity contribution >= 4 is 39.5 Å². The van der Waals surface area contributed by atoms with Gasteiger partial charge in [-0.1, -0.05) is 78.9 Å². The minimum atomic E-state index is -1.15. The van der Waals surface area contributed by atoms with Gasteiger partial charge in [0, 0.05) is 13.0 Å². The Labute approximate surface area is 214 Å². The molecule has 1 aliphatic rings. The standard InChI is InChI=1S/C30H28N2O5/c33-28(27-15-8-16-32(27)30(36)37-19-20-9-2-1-3-10-20)31-26(29(34)35)18-25-23-13-6-4-11-21(23)17-22-12-5-7-14-24(22)25/h1-7,9-14,17,26-27H,8,15-16,18-19H2,(H,31,33)(H,34,35)/t26-,27+/m0/s1. The van der Waals surface area contributed by atoms with Crippen molar-refractivity contribution in [1.29, 1.82) is 0 Å². The van der Waals surface area contributed by atoms with Crippen LogP contribution in [0.4, 0.5) is 4.79 Å². The second-order valence-electron chi connectivity index (χ2n) is 9.29. The average molecular weight is 497 g/mol.